The number of piperidine rings is 1. The number of phenols is 1. The summed E-state index contributed by atoms with van der Waals surface area (Å²) in [5, 5.41) is 50.1. The number of aromatic hydroxyl groups is 1. The lowest BCUT2D eigenvalue weighted by molar-refractivity contribution is -0.142. The van der Waals surface area contributed by atoms with Crippen molar-refractivity contribution in [1.82, 2.24) is 60.7 Å². The van der Waals surface area contributed by atoms with Gasteiger partial charge in [-0.05, 0) is 111 Å². The highest BCUT2D eigenvalue weighted by Gasteiger charge is 2.56. The number of H-pyrrole nitrogens is 1. The van der Waals surface area contributed by atoms with E-state index in [9.17, 15) is 34.5 Å². The molecule has 4 amide bonds. The van der Waals surface area contributed by atoms with Crippen LogP contribution in [0.5, 0.6) is 5.75 Å². The highest BCUT2D eigenvalue weighted by Crippen LogP contribution is 2.51. The van der Waals surface area contributed by atoms with Gasteiger partial charge < -0.3 is 55.9 Å². The number of aliphatic carboxylic acids is 1. The Morgan fingerprint density at radius 3 is 2.44 bits per heavy atom. The maximum atomic E-state index is 14.8. The van der Waals surface area contributed by atoms with Crippen molar-refractivity contribution in [2.24, 2.45) is 10.8 Å². The Kier molecular flexibility index (Phi) is 14.6. The lowest BCUT2D eigenvalue weighted by atomic mass is 9.60. The van der Waals surface area contributed by atoms with E-state index in [-0.39, 0.29) is 42.7 Å². The van der Waals surface area contributed by atoms with E-state index in [2.05, 4.69) is 58.7 Å². The summed E-state index contributed by atoms with van der Waals surface area (Å²) >= 11 is 0. The molecule has 0 unspecified atom stereocenters. The summed E-state index contributed by atoms with van der Waals surface area (Å²) in [5.74, 6) is 2.06. The first kappa shape index (κ1) is 52.9. The smallest absolute Gasteiger partial charge is 0.322 e. The Labute approximate surface area is 454 Å². The average Bonchev–Trinajstić information content (AvgIpc) is 4.15. The van der Waals surface area contributed by atoms with E-state index in [1.54, 1.807) is 29.2 Å². The number of aliphatic hydroxyl groups excluding tert-OH is 1. The summed E-state index contributed by atoms with van der Waals surface area (Å²) in [6, 6.07) is 13.9. The molecule has 7 N–H and O–H groups in total. The van der Waals surface area contributed by atoms with Crippen LogP contribution in [0.3, 0.4) is 0 Å². The molecule has 20 heteroatoms. The number of carboxylic acids is 1. The van der Waals surface area contributed by atoms with Crippen molar-refractivity contribution < 1.29 is 34.5 Å². The van der Waals surface area contributed by atoms with Crippen LogP contribution in [0.1, 0.15) is 99.2 Å². The lowest BCUT2D eigenvalue weighted by Crippen LogP contribution is -2.70. The number of piperazine rings is 1. The topological polar surface area (TPSA) is 249 Å². The number of carbonyl (C=O) groups is 4. The third-order valence-corrected chi connectivity index (χ3v) is 17.8. The molecule has 6 aliphatic rings. The number of hydrogen-bond acceptors (Lipinski definition) is 14. The normalized spacial score (nSPS) is 23.3. The van der Waals surface area contributed by atoms with Gasteiger partial charge in [0.2, 0.25) is 17.8 Å². The molecular weight excluding hydrogens is 991 g/mol. The van der Waals surface area contributed by atoms with Crippen molar-refractivity contribution in [1.29, 1.82) is 0 Å². The molecule has 0 radical (unpaired) electrons. The van der Waals surface area contributed by atoms with Crippen LogP contribution < -0.4 is 20.9 Å². The number of terminal acetylenes is 1. The number of carboxylic acid groups (broad SMARTS) is 1. The Hall–Kier alpha value is -7.18. The average molecular weight is 1060 g/mol. The van der Waals surface area contributed by atoms with Crippen molar-refractivity contribution in [2.75, 3.05) is 70.3 Å². The van der Waals surface area contributed by atoms with Crippen LogP contribution >= 0.6 is 0 Å². The monoisotopic (exact) mass is 1060 g/mol. The first-order chi connectivity index (χ1) is 37.5. The summed E-state index contributed by atoms with van der Waals surface area (Å²) in [6.45, 7) is 12.1. The van der Waals surface area contributed by atoms with Crippen molar-refractivity contribution in [3.05, 3.63) is 94.9 Å². The van der Waals surface area contributed by atoms with Crippen LogP contribution in [-0.4, -0.2) is 180 Å². The van der Waals surface area contributed by atoms with E-state index < -0.39 is 47.4 Å². The van der Waals surface area contributed by atoms with Gasteiger partial charge >= 0.3 is 12.0 Å². The fraction of sp³-hybridized carbons (Fsp3) is 0.517. The van der Waals surface area contributed by atoms with Crippen LogP contribution in [0.25, 0.3) is 22.3 Å². The van der Waals surface area contributed by atoms with Crippen LogP contribution in [0, 0.1) is 23.2 Å². The zero-order valence-corrected chi connectivity index (χ0v) is 44.7. The molecule has 11 rings (SSSR count). The number of β-amino-alcohol motifs (C(OH)–C–C–N with tert-alkyl or cyclic N) is 1. The molecule has 0 bridgehead atoms. The van der Waals surface area contributed by atoms with Gasteiger partial charge in [0.1, 0.15) is 23.9 Å². The van der Waals surface area contributed by atoms with Crippen LogP contribution in [0.4, 0.5) is 10.7 Å². The van der Waals surface area contributed by atoms with Crippen LogP contribution in [-0.2, 0) is 27.3 Å². The van der Waals surface area contributed by atoms with Crippen molar-refractivity contribution in [2.45, 2.75) is 114 Å². The fourth-order valence-electron chi connectivity index (χ4n) is 13.1. The van der Waals surface area contributed by atoms with Gasteiger partial charge in [-0.3, -0.25) is 19.3 Å². The minimum atomic E-state index is -1.03. The molecule has 1 aliphatic carbocycles. The zero-order chi connectivity index (χ0) is 54.5. The predicted molar refractivity (Wildman–Crippen MR) is 292 cm³/mol. The maximum Gasteiger partial charge on any atom is 0.322 e. The summed E-state index contributed by atoms with van der Waals surface area (Å²) in [4.78, 5) is 78.1. The van der Waals surface area contributed by atoms with E-state index in [0.29, 0.717) is 74.9 Å². The van der Waals surface area contributed by atoms with Crippen molar-refractivity contribution in [3.8, 4) is 29.4 Å². The SMILES string of the molecule is C#Cc1ccc(CNC(=O)[C@@H]2C[C@@H](O)CN2C(=O)[C@H](NC(=O)N2CC3(CC(N4CCC(c5cnc(N6CCc7[nH]c8nnc(-c9ccccc9O)cc8c7[C@H]6C)nc5)CC4)C3)C2)C(C)(C)CCN2CCN[C@H](C(=O)O)C2)cc1. The largest absolute Gasteiger partial charge is 0.507 e. The van der Waals surface area contributed by atoms with Gasteiger partial charge in [0.25, 0.3) is 0 Å². The van der Waals surface area contributed by atoms with Crippen molar-refractivity contribution in [3.63, 3.8) is 0 Å². The highest BCUT2D eigenvalue weighted by molar-refractivity contribution is 5.93. The van der Waals surface area contributed by atoms with E-state index in [1.807, 2.05) is 56.6 Å². The quantitative estimate of drug-likeness (QED) is 0.0777. The van der Waals surface area contributed by atoms with Crippen molar-refractivity contribution >= 4 is 40.8 Å². The summed E-state index contributed by atoms with van der Waals surface area (Å²) < 4.78 is 0. The number of aromatic amines is 1. The number of aliphatic hydroxyl groups is 1. The standard InChI is InChI=1S/C58H71N13O7/c1-5-36-10-12-37(13-11-36)28-60-52(74)47-24-41(72)31-71(47)53(75)50(57(3,4)17-22-67-23-18-59-46(32-67)54(76)77)64-56(78)69-33-58(34-69)26-40(27-58)68-19-14-38(15-20-68)39-29-61-55(62-30-39)70-21-16-44-49(35(70)2)43-25-45(65-66-51(43)63-44)42-8-6-7-9-48(42)73/h1,6-13,25,29-30,35,38,40-41,46-47,50,59,72-73H,14-24,26-28,31-34H2,2-4H3,(H,60,74)(H,63,66)(H,64,78)(H,76,77)/t35-,41-,46+,47+,50+/m1/s1. The second kappa shape index (κ2) is 21.6. The number of rotatable bonds is 14. The van der Waals surface area contributed by atoms with Gasteiger partial charge in [-0.15, -0.1) is 16.6 Å². The lowest BCUT2D eigenvalue weighted by Gasteiger charge is -2.61. The van der Waals surface area contributed by atoms with E-state index in [0.717, 1.165) is 90.7 Å². The molecule has 78 heavy (non-hydrogen) atoms. The number of hydrogen-bond donors (Lipinski definition) is 7. The summed E-state index contributed by atoms with van der Waals surface area (Å²) in [5.41, 5.74) is 6.19. The molecule has 4 saturated heterocycles. The fourth-order valence-corrected chi connectivity index (χ4v) is 13.1. The van der Waals surface area contributed by atoms with Gasteiger partial charge in [-0.2, -0.15) is 0 Å². The second-order valence-electron chi connectivity index (χ2n) is 23.4. The molecule has 410 valence electrons. The molecule has 5 fully saturated rings. The van der Waals surface area contributed by atoms with E-state index >= 15 is 0 Å². The first-order valence-corrected chi connectivity index (χ1v) is 27.6. The third-order valence-electron chi connectivity index (χ3n) is 17.8. The molecule has 5 aliphatic heterocycles. The number of para-hydroxylation sites is 1. The number of carbonyl (C=O) groups excluding carboxylic acids is 3. The minimum Gasteiger partial charge on any atom is -0.507 e. The van der Waals surface area contributed by atoms with Gasteiger partial charge in [0.15, 0.2) is 5.65 Å². The number of nitrogens with zero attached hydrogens (tertiary/aromatic N) is 9. The van der Waals surface area contributed by atoms with E-state index in [1.165, 1.54) is 4.90 Å². The number of urea groups is 1. The number of amides is 4. The molecule has 8 heterocycles. The Bertz CT molecular complexity index is 3080. The molecular formula is C58H71N13O7. The number of aromatic nitrogens is 5. The maximum absolute atomic E-state index is 14.8. The Morgan fingerprint density at radius 2 is 1.72 bits per heavy atom. The third kappa shape index (κ3) is 10.6. The Morgan fingerprint density at radius 1 is 0.974 bits per heavy atom. The first-order valence-electron chi connectivity index (χ1n) is 27.6. The zero-order valence-electron chi connectivity index (χ0n) is 44.7. The minimum absolute atomic E-state index is 0.00828. The number of benzene rings is 2. The second-order valence-corrected chi connectivity index (χ2v) is 23.4. The molecule has 2 aromatic carbocycles. The number of likely N-dealkylation sites (tertiary alicyclic amines) is 3. The number of anilines is 1. The molecule has 3 aromatic heterocycles. The predicted octanol–water partition coefficient (Wildman–Crippen LogP) is 4.00. The molecule has 1 saturated carbocycles. The summed E-state index contributed by atoms with van der Waals surface area (Å²) in [6.07, 6.45) is 13.9. The molecule has 5 aromatic rings. The van der Waals surface area contributed by atoms with Gasteiger partial charge in [-0.1, -0.05) is 44.0 Å². The number of fused-ring (bicyclic) bond motifs is 3. The van der Waals surface area contributed by atoms with Gasteiger partial charge in [0, 0.05) is 117 Å². The number of nitrogens with one attached hydrogen (secondary N) is 4. The Balaban J connectivity index is 0.684. The van der Waals surface area contributed by atoms with E-state index in [4.69, 9.17) is 16.4 Å². The van der Waals surface area contributed by atoms with Gasteiger partial charge in [0.05, 0.1) is 17.8 Å². The number of phenolic OH excluding ortho intramolecular Hbond substituents is 1. The van der Waals surface area contributed by atoms with Crippen LogP contribution in [0.2, 0.25) is 0 Å². The molecule has 5 atom stereocenters. The summed E-state index contributed by atoms with van der Waals surface area (Å²) in [7, 11) is 0. The highest BCUT2D eigenvalue weighted by atomic mass is 16.4. The van der Waals surface area contributed by atoms with Gasteiger partial charge in [-0.25, -0.2) is 14.8 Å². The molecule has 1 spiro atoms. The van der Waals surface area contributed by atoms with Crippen LogP contribution in [0.15, 0.2) is 67.0 Å². The molecule has 20 nitrogen and oxygen atoms in total.